The first kappa shape index (κ1) is 14.4. The van der Waals surface area contributed by atoms with E-state index >= 15 is 0 Å². The third-order valence-corrected chi connectivity index (χ3v) is 3.55. The first-order valence-corrected chi connectivity index (χ1v) is 6.68. The fourth-order valence-corrected chi connectivity index (χ4v) is 2.39. The van der Waals surface area contributed by atoms with E-state index in [0.29, 0.717) is 32.8 Å². The van der Waals surface area contributed by atoms with Gasteiger partial charge in [0.2, 0.25) is 0 Å². The lowest BCUT2D eigenvalue weighted by Gasteiger charge is -2.10. The summed E-state index contributed by atoms with van der Waals surface area (Å²) in [6.45, 7) is 0. The molecule has 0 fully saturated rings. The number of ketones is 1. The zero-order valence-electron chi connectivity index (χ0n) is 11.1. The lowest BCUT2D eigenvalue weighted by atomic mass is 10.0. The van der Waals surface area contributed by atoms with E-state index < -0.39 is 0 Å². The Morgan fingerprint density at radius 2 is 1.75 bits per heavy atom. The molecule has 0 bridgehead atoms. The smallest absolute Gasteiger partial charge is 0.197 e. The lowest BCUT2D eigenvalue weighted by Crippen LogP contribution is -2.05. The minimum atomic E-state index is -0.142. The number of carbonyl (C=O) groups is 1. The van der Waals surface area contributed by atoms with Gasteiger partial charge < -0.3 is 15.2 Å². The highest BCUT2D eigenvalue weighted by Gasteiger charge is 2.17. The molecule has 4 nitrogen and oxygen atoms in total. The molecule has 0 aliphatic rings. The van der Waals surface area contributed by atoms with Crippen molar-refractivity contribution in [2.45, 2.75) is 0 Å². The standard InChI is InChI=1S/C15H14BrNO3/c1-19-10-4-6-11(13(16)8-10)15(18)12-5-3-9(17)7-14(12)20-2/h3-8H,17H2,1-2H3. The van der Waals surface area contributed by atoms with Crippen LogP contribution >= 0.6 is 15.9 Å². The molecule has 2 aromatic carbocycles. The number of anilines is 1. The number of hydrogen-bond acceptors (Lipinski definition) is 4. The Kier molecular flexibility index (Phi) is 4.29. The predicted octanol–water partition coefficient (Wildman–Crippen LogP) is 3.28. The number of nitrogens with two attached hydrogens (primary N) is 1. The molecule has 2 rings (SSSR count). The molecular formula is C15H14BrNO3. The van der Waals surface area contributed by atoms with Crippen LogP contribution in [-0.2, 0) is 0 Å². The van der Waals surface area contributed by atoms with Crippen LogP contribution in [0.2, 0.25) is 0 Å². The van der Waals surface area contributed by atoms with Gasteiger partial charge in [0.15, 0.2) is 5.78 Å². The largest absolute Gasteiger partial charge is 0.497 e. The van der Waals surface area contributed by atoms with Crippen molar-refractivity contribution in [3.63, 3.8) is 0 Å². The van der Waals surface area contributed by atoms with Crippen LogP contribution in [0.15, 0.2) is 40.9 Å². The summed E-state index contributed by atoms with van der Waals surface area (Å²) >= 11 is 3.38. The normalized spacial score (nSPS) is 10.2. The molecule has 0 saturated heterocycles. The third-order valence-electron chi connectivity index (χ3n) is 2.89. The van der Waals surface area contributed by atoms with E-state index in [0.717, 1.165) is 0 Å². The highest BCUT2D eigenvalue weighted by atomic mass is 79.9. The molecule has 0 atom stereocenters. The van der Waals surface area contributed by atoms with Crippen molar-refractivity contribution >= 4 is 27.4 Å². The van der Waals surface area contributed by atoms with Crippen molar-refractivity contribution in [1.29, 1.82) is 0 Å². The summed E-state index contributed by atoms with van der Waals surface area (Å²) in [6, 6.07) is 10.2. The molecule has 0 saturated carbocycles. The average molecular weight is 336 g/mol. The molecule has 0 unspecified atom stereocenters. The van der Waals surface area contributed by atoms with Gasteiger partial charge in [0.25, 0.3) is 0 Å². The van der Waals surface area contributed by atoms with Gasteiger partial charge in [0.1, 0.15) is 11.5 Å². The quantitative estimate of drug-likeness (QED) is 0.688. The number of methoxy groups -OCH3 is 2. The van der Waals surface area contributed by atoms with Gasteiger partial charge in [-0.25, -0.2) is 0 Å². The maximum absolute atomic E-state index is 12.6. The first-order valence-electron chi connectivity index (χ1n) is 5.88. The number of carbonyl (C=O) groups excluding carboxylic acids is 1. The van der Waals surface area contributed by atoms with Crippen molar-refractivity contribution < 1.29 is 14.3 Å². The predicted molar refractivity (Wildman–Crippen MR) is 81.5 cm³/mol. The van der Waals surface area contributed by atoms with Crippen LogP contribution in [0.3, 0.4) is 0 Å². The number of halogens is 1. The van der Waals surface area contributed by atoms with Crippen molar-refractivity contribution in [2.75, 3.05) is 20.0 Å². The van der Waals surface area contributed by atoms with E-state index in [-0.39, 0.29) is 5.78 Å². The third kappa shape index (κ3) is 2.77. The zero-order chi connectivity index (χ0) is 14.7. The van der Waals surface area contributed by atoms with E-state index in [1.807, 2.05) is 0 Å². The highest BCUT2D eigenvalue weighted by molar-refractivity contribution is 9.10. The summed E-state index contributed by atoms with van der Waals surface area (Å²) in [4.78, 5) is 12.6. The molecule has 104 valence electrons. The molecule has 20 heavy (non-hydrogen) atoms. The summed E-state index contributed by atoms with van der Waals surface area (Å²) in [5.74, 6) is 0.992. The van der Waals surface area contributed by atoms with Gasteiger partial charge >= 0.3 is 0 Å². The van der Waals surface area contributed by atoms with E-state index in [1.54, 1.807) is 43.5 Å². The van der Waals surface area contributed by atoms with Crippen molar-refractivity contribution in [3.05, 3.63) is 52.0 Å². The Hall–Kier alpha value is -2.01. The van der Waals surface area contributed by atoms with Gasteiger partial charge in [-0.05, 0) is 46.3 Å². The lowest BCUT2D eigenvalue weighted by molar-refractivity contribution is 0.103. The van der Waals surface area contributed by atoms with Gasteiger partial charge in [-0.1, -0.05) is 0 Å². The average Bonchev–Trinajstić information content (AvgIpc) is 2.46. The van der Waals surface area contributed by atoms with Gasteiger partial charge in [-0.2, -0.15) is 0 Å². The molecule has 5 heteroatoms. The van der Waals surface area contributed by atoms with Crippen LogP contribution in [0.1, 0.15) is 15.9 Å². The Balaban J connectivity index is 2.46. The topological polar surface area (TPSA) is 61.5 Å². The molecule has 0 radical (unpaired) electrons. The van der Waals surface area contributed by atoms with Crippen molar-refractivity contribution in [1.82, 2.24) is 0 Å². The number of nitrogen functional groups attached to an aromatic ring is 1. The van der Waals surface area contributed by atoms with Gasteiger partial charge in [0.05, 0.1) is 19.8 Å². The van der Waals surface area contributed by atoms with E-state index in [9.17, 15) is 4.79 Å². The summed E-state index contributed by atoms with van der Waals surface area (Å²) in [7, 11) is 3.08. The molecule has 0 aromatic heterocycles. The van der Waals surface area contributed by atoms with E-state index in [1.165, 1.54) is 7.11 Å². The summed E-state index contributed by atoms with van der Waals surface area (Å²) in [5, 5.41) is 0. The number of rotatable bonds is 4. The Morgan fingerprint density at radius 1 is 1.05 bits per heavy atom. The summed E-state index contributed by atoms with van der Waals surface area (Å²) in [5.41, 5.74) is 7.24. The maximum atomic E-state index is 12.6. The van der Waals surface area contributed by atoms with Gasteiger partial charge in [-0.3, -0.25) is 4.79 Å². The Labute approximate surface area is 125 Å². The second kappa shape index (κ2) is 5.96. The number of hydrogen-bond donors (Lipinski definition) is 1. The van der Waals surface area contributed by atoms with Crippen LogP contribution in [0, 0.1) is 0 Å². The zero-order valence-corrected chi connectivity index (χ0v) is 12.7. The second-order valence-corrected chi connectivity index (χ2v) is 4.99. The Morgan fingerprint density at radius 3 is 2.35 bits per heavy atom. The van der Waals surface area contributed by atoms with E-state index in [2.05, 4.69) is 15.9 Å². The van der Waals surface area contributed by atoms with E-state index in [4.69, 9.17) is 15.2 Å². The van der Waals surface area contributed by atoms with Crippen LogP contribution in [0.5, 0.6) is 11.5 Å². The molecule has 0 heterocycles. The number of ether oxygens (including phenoxy) is 2. The molecule has 2 N–H and O–H groups in total. The SMILES string of the molecule is COc1ccc(C(=O)c2ccc(N)cc2OC)c(Br)c1. The number of benzene rings is 2. The second-order valence-electron chi connectivity index (χ2n) is 4.13. The van der Waals surface area contributed by atoms with Crippen molar-refractivity contribution in [3.8, 4) is 11.5 Å². The molecule has 0 aliphatic heterocycles. The molecule has 2 aromatic rings. The van der Waals surface area contributed by atoms with Crippen molar-refractivity contribution in [2.24, 2.45) is 0 Å². The maximum Gasteiger partial charge on any atom is 0.197 e. The fourth-order valence-electron chi connectivity index (χ4n) is 1.85. The Bertz CT molecular complexity index is 656. The molecule has 0 aliphatic carbocycles. The molecule has 0 spiro atoms. The van der Waals surface area contributed by atoms with Gasteiger partial charge in [0, 0.05) is 21.8 Å². The fraction of sp³-hybridized carbons (Fsp3) is 0.133. The highest BCUT2D eigenvalue weighted by Crippen LogP contribution is 2.29. The minimum Gasteiger partial charge on any atom is -0.497 e. The molecule has 0 amide bonds. The minimum absolute atomic E-state index is 0.142. The molecular weight excluding hydrogens is 322 g/mol. The van der Waals surface area contributed by atoms with Crippen LogP contribution in [0.4, 0.5) is 5.69 Å². The van der Waals surface area contributed by atoms with Crippen LogP contribution in [-0.4, -0.2) is 20.0 Å². The van der Waals surface area contributed by atoms with Gasteiger partial charge in [-0.15, -0.1) is 0 Å². The monoisotopic (exact) mass is 335 g/mol. The van der Waals surface area contributed by atoms with Crippen LogP contribution in [0.25, 0.3) is 0 Å². The summed E-state index contributed by atoms with van der Waals surface area (Å²) in [6.07, 6.45) is 0. The summed E-state index contributed by atoms with van der Waals surface area (Å²) < 4.78 is 11.0. The first-order chi connectivity index (χ1) is 9.56. The van der Waals surface area contributed by atoms with Crippen LogP contribution < -0.4 is 15.2 Å².